The molecule has 0 unspecified atom stereocenters. The van der Waals surface area contributed by atoms with Gasteiger partial charge in [0, 0.05) is 10.4 Å². The van der Waals surface area contributed by atoms with Crippen LogP contribution in [0.4, 0.5) is 5.69 Å². The lowest BCUT2D eigenvalue weighted by Gasteiger charge is -2.02. The number of nitro groups is 1. The van der Waals surface area contributed by atoms with E-state index in [0.717, 1.165) is 0 Å². The van der Waals surface area contributed by atoms with E-state index < -0.39 is 10.9 Å². The minimum absolute atomic E-state index is 0.0649. The number of nitrogens with zero attached hydrogens (tertiary/aromatic N) is 2. The summed E-state index contributed by atoms with van der Waals surface area (Å²) in [6.45, 7) is 3.43. The molecule has 0 amide bonds. The number of carboxylic acid groups (broad SMARTS) is 1. The number of aromatic nitrogens is 1. The first-order valence-corrected chi connectivity index (χ1v) is 7.61. The average molecular weight is 324 g/mol. The first-order valence-electron chi connectivity index (χ1n) is 5.98. The Morgan fingerprint density at radius 1 is 1.48 bits per heavy atom. The summed E-state index contributed by atoms with van der Waals surface area (Å²) in [5.74, 6) is -0.917. The van der Waals surface area contributed by atoms with E-state index in [9.17, 15) is 14.9 Å². The molecule has 0 fully saturated rings. The fraction of sp³-hybridized carbons (Fsp3) is 0.231. The molecule has 110 valence electrons. The van der Waals surface area contributed by atoms with Crippen LogP contribution in [-0.4, -0.2) is 21.0 Å². The van der Waals surface area contributed by atoms with Gasteiger partial charge in [-0.25, -0.2) is 4.98 Å². The molecule has 6 nitrogen and oxygen atoms in total. The topological polar surface area (TPSA) is 93.3 Å². The van der Waals surface area contributed by atoms with Crippen LogP contribution in [0.15, 0.2) is 27.4 Å². The van der Waals surface area contributed by atoms with E-state index in [1.807, 2.05) is 0 Å². The average Bonchev–Trinajstić information content (AvgIpc) is 2.68. The predicted molar refractivity (Wildman–Crippen MR) is 80.1 cm³/mol. The third kappa shape index (κ3) is 3.59. The third-order valence-electron chi connectivity index (χ3n) is 2.77. The number of para-hydroxylation sites is 1. The molecule has 1 N–H and O–H groups in total. The molecule has 0 atom stereocenters. The second-order valence-corrected chi connectivity index (χ2v) is 6.71. The summed E-state index contributed by atoms with van der Waals surface area (Å²) in [7, 11) is 0. The van der Waals surface area contributed by atoms with Gasteiger partial charge in [0.15, 0.2) is 4.34 Å². The summed E-state index contributed by atoms with van der Waals surface area (Å²) < 4.78 is 0.609. The lowest BCUT2D eigenvalue weighted by molar-refractivity contribution is -0.388. The second kappa shape index (κ2) is 6.23. The molecule has 0 aliphatic carbocycles. The van der Waals surface area contributed by atoms with E-state index in [0.29, 0.717) is 25.4 Å². The molecule has 1 aromatic heterocycles. The highest BCUT2D eigenvalue weighted by atomic mass is 32.2. The SMILES string of the molecule is Cc1cccc(Sc2nc(C)c(CC(=O)O)s2)c1[N+](=O)[O-]. The van der Waals surface area contributed by atoms with Gasteiger partial charge in [-0.3, -0.25) is 14.9 Å². The van der Waals surface area contributed by atoms with Crippen LogP contribution < -0.4 is 0 Å². The zero-order valence-electron chi connectivity index (χ0n) is 11.3. The van der Waals surface area contributed by atoms with Crippen molar-refractivity contribution in [3.8, 4) is 0 Å². The normalized spacial score (nSPS) is 10.6. The minimum Gasteiger partial charge on any atom is -0.481 e. The molecule has 0 aliphatic heterocycles. The lowest BCUT2D eigenvalue weighted by Crippen LogP contribution is -1.99. The zero-order valence-corrected chi connectivity index (χ0v) is 13.0. The van der Waals surface area contributed by atoms with Gasteiger partial charge in [-0.1, -0.05) is 23.9 Å². The van der Waals surface area contributed by atoms with E-state index in [1.54, 1.807) is 32.0 Å². The van der Waals surface area contributed by atoms with E-state index >= 15 is 0 Å². The van der Waals surface area contributed by atoms with Crippen LogP contribution in [0, 0.1) is 24.0 Å². The van der Waals surface area contributed by atoms with Crippen LogP contribution in [-0.2, 0) is 11.2 Å². The molecule has 0 radical (unpaired) electrons. The quantitative estimate of drug-likeness (QED) is 0.669. The number of hydrogen-bond acceptors (Lipinski definition) is 6. The highest BCUT2D eigenvalue weighted by Gasteiger charge is 2.20. The highest BCUT2D eigenvalue weighted by molar-refractivity contribution is 8.01. The van der Waals surface area contributed by atoms with Crippen LogP contribution in [0.5, 0.6) is 0 Å². The summed E-state index contributed by atoms with van der Waals surface area (Å²) in [5, 5.41) is 20.0. The minimum atomic E-state index is -0.917. The second-order valence-electron chi connectivity index (χ2n) is 4.34. The molecule has 8 heteroatoms. The van der Waals surface area contributed by atoms with Crippen LogP contribution in [0.25, 0.3) is 0 Å². The van der Waals surface area contributed by atoms with Gasteiger partial charge in [-0.15, -0.1) is 11.3 Å². The number of aryl methyl sites for hydroxylation is 2. The number of rotatable bonds is 5. The third-order valence-corrected chi connectivity index (χ3v) is 5.03. The Morgan fingerprint density at radius 2 is 2.19 bits per heavy atom. The standard InChI is InChI=1S/C13H12N2O4S2/c1-7-4-3-5-9(12(7)15(18)19)20-13-14-8(2)10(21-13)6-11(16)17/h3-5H,6H2,1-2H3,(H,16,17). The fourth-order valence-corrected chi connectivity index (χ4v) is 4.16. The summed E-state index contributed by atoms with van der Waals surface area (Å²) in [5.41, 5.74) is 1.30. The Morgan fingerprint density at radius 3 is 2.81 bits per heavy atom. The van der Waals surface area contributed by atoms with E-state index in [1.165, 1.54) is 23.1 Å². The molecular weight excluding hydrogens is 312 g/mol. The van der Waals surface area contributed by atoms with Gasteiger partial charge in [-0.05, 0) is 19.9 Å². The number of benzene rings is 1. The van der Waals surface area contributed by atoms with Crippen LogP contribution in [0.1, 0.15) is 16.1 Å². The number of nitro benzene ring substituents is 1. The monoisotopic (exact) mass is 324 g/mol. The fourth-order valence-electron chi connectivity index (χ4n) is 1.79. The summed E-state index contributed by atoms with van der Waals surface area (Å²) >= 11 is 2.45. The first-order chi connectivity index (χ1) is 9.88. The highest BCUT2D eigenvalue weighted by Crippen LogP contribution is 2.39. The van der Waals surface area contributed by atoms with Crippen molar-refractivity contribution in [1.29, 1.82) is 0 Å². The Hall–Kier alpha value is -1.93. The van der Waals surface area contributed by atoms with Gasteiger partial charge in [0.1, 0.15) is 0 Å². The number of hydrogen-bond donors (Lipinski definition) is 1. The number of carbonyl (C=O) groups is 1. The summed E-state index contributed by atoms with van der Waals surface area (Å²) in [6.07, 6.45) is -0.0834. The van der Waals surface area contributed by atoms with Crippen molar-refractivity contribution in [2.75, 3.05) is 0 Å². The smallest absolute Gasteiger partial charge is 0.308 e. The molecule has 0 bridgehead atoms. The maximum Gasteiger partial charge on any atom is 0.308 e. The van der Waals surface area contributed by atoms with Crippen molar-refractivity contribution in [3.63, 3.8) is 0 Å². The maximum atomic E-state index is 11.1. The molecule has 0 aliphatic rings. The number of carboxylic acids is 1. The number of thiazole rings is 1. The molecule has 2 rings (SSSR count). The van der Waals surface area contributed by atoms with Crippen molar-refractivity contribution in [2.45, 2.75) is 29.5 Å². The van der Waals surface area contributed by atoms with Crippen LogP contribution in [0.2, 0.25) is 0 Å². The molecular formula is C13H12N2O4S2. The summed E-state index contributed by atoms with van der Waals surface area (Å²) in [6, 6.07) is 5.11. The van der Waals surface area contributed by atoms with Crippen LogP contribution >= 0.6 is 23.1 Å². The van der Waals surface area contributed by atoms with Crippen molar-refractivity contribution in [1.82, 2.24) is 4.98 Å². The Balaban J connectivity index is 2.33. The van der Waals surface area contributed by atoms with Gasteiger partial charge < -0.3 is 5.11 Å². The molecule has 0 saturated heterocycles. The summed E-state index contributed by atoms with van der Waals surface area (Å²) in [4.78, 5) is 27.0. The molecule has 21 heavy (non-hydrogen) atoms. The zero-order chi connectivity index (χ0) is 15.6. The van der Waals surface area contributed by atoms with E-state index in [4.69, 9.17) is 5.11 Å². The van der Waals surface area contributed by atoms with Crippen LogP contribution in [0.3, 0.4) is 0 Å². The lowest BCUT2D eigenvalue weighted by atomic mass is 10.2. The Kier molecular flexibility index (Phi) is 4.59. The van der Waals surface area contributed by atoms with Gasteiger partial charge in [0.2, 0.25) is 0 Å². The molecule has 0 spiro atoms. The predicted octanol–water partition coefficient (Wildman–Crippen LogP) is 3.45. The molecule has 1 heterocycles. The van der Waals surface area contributed by atoms with Gasteiger partial charge in [-0.2, -0.15) is 0 Å². The number of aliphatic carboxylic acids is 1. The molecule has 2 aromatic rings. The van der Waals surface area contributed by atoms with Gasteiger partial charge in [0.25, 0.3) is 5.69 Å². The van der Waals surface area contributed by atoms with Gasteiger partial charge in [0.05, 0.1) is 21.9 Å². The maximum absolute atomic E-state index is 11.1. The largest absolute Gasteiger partial charge is 0.481 e. The molecule has 1 aromatic carbocycles. The van der Waals surface area contributed by atoms with Crippen molar-refractivity contribution >= 4 is 34.8 Å². The van der Waals surface area contributed by atoms with Crippen molar-refractivity contribution in [3.05, 3.63) is 44.4 Å². The molecule has 0 saturated carbocycles. The van der Waals surface area contributed by atoms with Gasteiger partial charge >= 0.3 is 5.97 Å². The van der Waals surface area contributed by atoms with E-state index in [-0.39, 0.29) is 12.1 Å². The van der Waals surface area contributed by atoms with E-state index in [2.05, 4.69) is 4.98 Å². The Bertz CT molecular complexity index is 712. The Labute approximate surface area is 129 Å². The van der Waals surface area contributed by atoms with Crippen molar-refractivity contribution in [2.24, 2.45) is 0 Å². The van der Waals surface area contributed by atoms with Crippen molar-refractivity contribution < 1.29 is 14.8 Å². The first kappa shape index (κ1) is 15.5.